The molecule has 0 bridgehead atoms. The molecule has 1 unspecified atom stereocenters. The van der Waals surface area contributed by atoms with Crippen molar-refractivity contribution in [1.82, 2.24) is 29.7 Å². The average Bonchev–Trinajstić information content (AvgIpc) is 2.80. The minimum atomic E-state index is 0.0162. The van der Waals surface area contributed by atoms with Crippen LogP contribution >= 0.6 is 11.5 Å². The third-order valence-corrected chi connectivity index (χ3v) is 2.68. The van der Waals surface area contributed by atoms with Gasteiger partial charge in [0, 0.05) is 7.05 Å². The van der Waals surface area contributed by atoms with Gasteiger partial charge in [0.2, 0.25) is 0 Å². The van der Waals surface area contributed by atoms with Crippen LogP contribution in [0, 0.1) is 0 Å². The topological polar surface area (TPSA) is 68.5 Å². The molecule has 1 atom stereocenters. The molecular weight excluding hydrogens is 200 g/mol. The molecule has 0 amide bonds. The maximum absolute atomic E-state index is 4.04. The van der Waals surface area contributed by atoms with Gasteiger partial charge < -0.3 is 9.88 Å². The molecule has 0 aliphatic heterocycles. The van der Waals surface area contributed by atoms with Crippen molar-refractivity contribution in [1.29, 1.82) is 0 Å². The van der Waals surface area contributed by atoms with Crippen LogP contribution in [0.1, 0.15) is 16.7 Å². The molecule has 7 heteroatoms. The zero-order valence-corrected chi connectivity index (χ0v) is 8.69. The van der Waals surface area contributed by atoms with Gasteiger partial charge in [0.1, 0.15) is 12.4 Å². The average molecular weight is 210 g/mol. The van der Waals surface area contributed by atoms with Crippen LogP contribution in [-0.2, 0) is 7.05 Å². The Balaban J connectivity index is 2.36. The minimum Gasteiger partial charge on any atom is -0.319 e. The van der Waals surface area contributed by atoms with E-state index in [1.807, 2.05) is 18.7 Å². The standard InChI is InChI=1S/C7H10N6S/c1-8-6(5-3-9-12-14-5)7-11-10-4-13(7)2/h3-4,6,8H,1-2H3. The summed E-state index contributed by atoms with van der Waals surface area (Å²) in [4.78, 5) is 1.03. The highest BCUT2D eigenvalue weighted by molar-refractivity contribution is 7.05. The quantitative estimate of drug-likeness (QED) is 0.770. The van der Waals surface area contributed by atoms with Gasteiger partial charge in [0.25, 0.3) is 0 Å². The molecule has 0 radical (unpaired) electrons. The van der Waals surface area contributed by atoms with E-state index in [2.05, 4.69) is 25.1 Å². The van der Waals surface area contributed by atoms with E-state index in [1.165, 1.54) is 11.5 Å². The lowest BCUT2D eigenvalue weighted by Gasteiger charge is -2.11. The van der Waals surface area contributed by atoms with Crippen molar-refractivity contribution >= 4 is 11.5 Å². The second-order valence-corrected chi connectivity index (χ2v) is 3.66. The normalized spacial score (nSPS) is 13.0. The van der Waals surface area contributed by atoms with Crippen molar-refractivity contribution in [3.8, 4) is 0 Å². The van der Waals surface area contributed by atoms with E-state index in [0.29, 0.717) is 0 Å². The van der Waals surface area contributed by atoms with E-state index in [-0.39, 0.29) is 6.04 Å². The summed E-state index contributed by atoms with van der Waals surface area (Å²) in [6.45, 7) is 0. The fourth-order valence-corrected chi connectivity index (χ4v) is 1.87. The smallest absolute Gasteiger partial charge is 0.155 e. The van der Waals surface area contributed by atoms with Crippen LogP contribution in [-0.4, -0.2) is 31.4 Å². The first-order valence-corrected chi connectivity index (χ1v) is 4.88. The van der Waals surface area contributed by atoms with Gasteiger partial charge in [-0.05, 0) is 18.6 Å². The number of nitrogens with one attached hydrogen (secondary N) is 1. The van der Waals surface area contributed by atoms with E-state index in [4.69, 9.17) is 0 Å². The molecule has 6 nitrogen and oxygen atoms in total. The van der Waals surface area contributed by atoms with Crippen LogP contribution in [0.5, 0.6) is 0 Å². The summed E-state index contributed by atoms with van der Waals surface area (Å²) in [5.41, 5.74) is 0. The predicted molar refractivity (Wildman–Crippen MR) is 51.8 cm³/mol. The molecule has 0 spiro atoms. The van der Waals surface area contributed by atoms with E-state index in [9.17, 15) is 0 Å². The molecule has 2 rings (SSSR count). The molecule has 2 heterocycles. The van der Waals surface area contributed by atoms with Gasteiger partial charge in [0.15, 0.2) is 5.82 Å². The summed E-state index contributed by atoms with van der Waals surface area (Å²) in [6, 6.07) is 0.0162. The Kier molecular flexibility index (Phi) is 2.51. The van der Waals surface area contributed by atoms with E-state index in [1.54, 1.807) is 12.5 Å². The monoisotopic (exact) mass is 210 g/mol. The molecule has 2 aromatic rings. The van der Waals surface area contributed by atoms with Crippen LogP contribution in [0.15, 0.2) is 12.5 Å². The molecule has 0 saturated carbocycles. The summed E-state index contributed by atoms with van der Waals surface area (Å²) >= 11 is 1.36. The van der Waals surface area contributed by atoms with Crippen molar-refractivity contribution < 1.29 is 0 Å². The second-order valence-electron chi connectivity index (χ2n) is 2.84. The number of aromatic nitrogens is 5. The lowest BCUT2D eigenvalue weighted by Crippen LogP contribution is -2.20. The largest absolute Gasteiger partial charge is 0.319 e. The molecule has 14 heavy (non-hydrogen) atoms. The van der Waals surface area contributed by atoms with E-state index >= 15 is 0 Å². The Morgan fingerprint density at radius 2 is 2.36 bits per heavy atom. The third kappa shape index (κ3) is 1.51. The molecule has 2 aromatic heterocycles. The molecule has 0 fully saturated rings. The number of hydrogen-bond donors (Lipinski definition) is 1. The Bertz CT molecular complexity index is 394. The van der Waals surface area contributed by atoms with Gasteiger partial charge in [0.05, 0.1) is 11.1 Å². The molecule has 0 aliphatic rings. The summed E-state index contributed by atoms with van der Waals surface area (Å²) in [5, 5.41) is 14.8. The third-order valence-electron chi connectivity index (χ3n) is 1.96. The number of nitrogens with zero attached hydrogens (tertiary/aromatic N) is 5. The number of rotatable bonds is 3. The van der Waals surface area contributed by atoms with Crippen molar-refractivity contribution in [2.45, 2.75) is 6.04 Å². The summed E-state index contributed by atoms with van der Waals surface area (Å²) in [5.74, 6) is 0.860. The number of aryl methyl sites for hydroxylation is 1. The second kappa shape index (κ2) is 3.81. The molecule has 0 saturated heterocycles. The van der Waals surface area contributed by atoms with E-state index in [0.717, 1.165) is 10.7 Å². The predicted octanol–water partition coefficient (Wildman–Crippen LogP) is -0.0246. The van der Waals surface area contributed by atoms with Gasteiger partial charge in [-0.25, -0.2) is 0 Å². The summed E-state index contributed by atoms with van der Waals surface area (Å²) < 4.78 is 5.70. The van der Waals surface area contributed by atoms with Crippen molar-refractivity contribution in [2.75, 3.05) is 7.05 Å². The van der Waals surface area contributed by atoms with Crippen LogP contribution in [0.25, 0.3) is 0 Å². The summed E-state index contributed by atoms with van der Waals surface area (Å²) in [6.07, 6.45) is 3.41. The van der Waals surface area contributed by atoms with Crippen LogP contribution in [0.2, 0.25) is 0 Å². The van der Waals surface area contributed by atoms with Crippen LogP contribution in [0.3, 0.4) is 0 Å². The first kappa shape index (κ1) is 9.22. The highest BCUT2D eigenvalue weighted by Crippen LogP contribution is 2.20. The zero-order chi connectivity index (χ0) is 9.97. The van der Waals surface area contributed by atoms with Gasteiger partial charge in [-0.15, -0.1) is 15.3 Å². The number of hydrogen-bond acceptors (Lipinski definition) is 6. The highest BCUT2D eigenvalue weighted by atomic mass is 32.1. The Labute approximate surface area is 85.1 Å². The first-order valence-electron chi connectivity index (χ1n) is 4.11. The maximum atomic E-state index is 4.04. The minimum absolute atomic E-state index is 0.0162. The Morgan fingerprint density at radius 3 is 2.86 bits per heavy atom. The lowest BCUT2D eigenvalue weighted by atomic mass is 10.2. The molecule has 0 aliphatic carbocycles. The van der Waals surface area contributed by atoms with Crippen molar-refractivity contribution in [3.05, 3.63) is 23.2 Å². The van der Waals surface area contributed by atoms with Gasteiger partial charge in [-0.1, -0.05) is 4.49 Å². The maximum Gasteiger partial charge on any atom is 0.155 e. The molecule has 74 valence electrons. The Hall–Kier alpha value is -1.34. The Morgan fingerprint density at radius 1 is 1.50 bits per heavy atom. The zero-order valence-electron chi connectivity index (χ0n) is 7.88. The fourth-order valence-electron chi connectivity index (χ4n) is 1.25. The van der Waals surface area contributed by atoms with Gasteiger partial charge in [-0.3, -0.25) is 0 Å². The van der Waals surface area contributed by atoms with Gasteiger partial charge >= 0.3 is 0 Å². The fraction of sp³-hybridized carbons (Fsp3) is 0.429. The van der Waals surface area contributed by atoms with Crippen LogP contribution < -0.4 is 5.32 Å². The van der Waals surface area contributed by atoms with E-state index < -0.39 is 0 Å². The lowest BCUT2D eigenvalue weighted by molar-refractivity contribution is 0.623. The first-order chi connectivity index (χ1) is 6.83. The van der Waals surface area contributed by atoms with Crippen LogP contribution in [0.4, 0.5) is 0 Å². The summed E-state index contributed by atoms with van der Waals surface area (Å²) in [7, 11) is 3.78. The highest BCUT2D eigenvalue weighted by Gasteiger charge is 2.18. The molecule has 0 aromatic carbocycles. The molecule has 1 N–H and O–H groups in total. The van der Waals surface area contributed by atoms with Crippen molar-refractivity contribution in [3.63, 3.8) is 0 Å². The molecular formula is C7H10N6S. The van der Waals surface area contributed by atoms with Crippen molar-refractivity contribution in [2.24, 2.45) is 7.05 Å². The van der Waals surface area contributed by atoms with Gasteiger partial charge in [-0.2, -0.15) is 0 Å². The SMILES string of the molecule is CNC(c1cnns1)c1nncn1C.